The van der Waals surface area contributed by atoms with E-state index in [4.69, 9.17) is 4.74 Å². The molecule has 7 heteroatoms. The number of hydrogen-bond acceptors (Lipinski definition) is 5. The van der Waals surface area contributed by atoms with E-state index in [0.717, 1.165) is 11.1 Å². The Labute approximate surface area is 161 Å². The van der Waals surface area contributed by atoms with Gasteiger partial charge in [0.15, 0.2) is 0 Å². The van der Waals surface area contributed by atoms with Crippen LogP contribution in [0.1, 0.15) is 47.9 Å². The number of nitro groups is 1. The number of methoxy groups -OCH3 is 1. The van der Waals surface area contributed by atoms with Crippen molar-refractivity contribution in [2.24, 2.45) is 0 Å². The standard InChI is InChI=1S/C21H20N2O5/c1-13(24)22-20(11-18(25)28-2)12-21(23(26)27)16-9-5-3-7-14(16)19(20)15-8-4-6-10-17(15)21/h3-10,19H,11-12H2,1-2H3,(H,22,24). The molecule has 2 aromatic rings. The minimum absolute atomic E-state index is 0.0135. The Balaban J connectivity index is 2.07. The molecule has 0 saturated heterocycles. The number of ether oxygens (including phenoxy) is 1. The molecule has 0 saturated carbocycles. The predicted molar refractivity (Wildman–Crippen MR) is 100 cm³/mol. The number of nitrogens with one attached hydrogen (secondary N) is 1. The third kappa shape index (κ3) is 2.28. The molecule has 1 N–H and O–H groups in total. The second-order valence-electron chi connectivity index (χ2n) is 7.49. The molecule has 0 fully saturated rings. The number of rotatable bonds is 4. The lowest BCUT2D eigenvalue weighted by Gasteiger charge is -2.54. The van der Waals surface area contributed by atoms with Crippen molar-refractivity contribution in [2.75, 3.05) is 7.11 Å². The number of esters is 1. The first-order valence-corrected chi connectivity index (χ1v) is 9.04. The van der Waals surface area contributed by atoms with Gasteiger partial charge in [-0.25, -0.2) is 0 Å². The molecule has 28 heavy (non-hydrogen) atoms. The summed E-state index contributed by atoms with van der Waals surface area (Å²) < 4.78 is 4.88. The molecule has 0 spiro atoms. The minimum Gasteiger partial charge on any atom is -0.469 e. The van der Waals surface area contributed by atoms with Gasteiger partial charge >= 0.3 is 5.97 Å². The van der Waals surface area contributed by atoms with Crippen LogP contribution in [0, 0.1) is 10.1 Å². The zero-order chi connectivity index (χ0) is 20.1. The van der Waals surface area contributed by atoms with Crippen LogP contribution in [0.3, 0.4) is 0 Å². The van der Waals surface area contributed by atoms with Crippen LogP contribution in [0.15, 0.2) is 48.5 Å². The summed E-state index contributed by atoms with van der Waals surface area (Å²) in [5.41, 5.74) is 0.0836. The molecule has 3 aliphatic rings. The highest BCUT2D eigenvalue weighted by molar-refractivity contribution is 5.79. The normalized spacial score (nSPS) is 26.7. The molecule has 144 valence electrons. The van der Waals surface area contributed by atoms with Gasteiger partial charge in [0.1, 0.15) is 0 Å². The second kappa shape index (κ2) is 6.15. The first kappa shape index (κ1) is 18.2. The van der Waals surface area contributed by atoms with Crippen LogP contribution in [0.25, 0.3) is 0 Å². The summed E-state index contributed by atoms with van der Waals surface area (Å²) in [6.45, 7) is 1.36. The van der Waals surface area contributed by atoms with Crippen molar-refractivity contribution < 1.29 is 19.2 Å². The maximum absolute atomic E-state index is 12.6. The van der Waals surface area contributed by atoms with Gasteiger partial charge in [-0.2, -0.15) is 0 Å². The van der Waals surface area contributed by atoms with Crippen molar-refractivity contribution in [3.63, 3.8) is 0 Å². The summed E-state index contributed by atoms with van der Waals surface area (Å²) in [4.78, 5) is 36.7. The molecule has 1 amide bonds. The van der Waals surface area contributed by atoms with Crippen molar-refractivity contribution in [2.45, 2.75) is 36.8 Å². The predicted octanol–water partition coefficient (Wildman–Crippen LogP) is 2.49. The maximum atomic E-state index is 12.6. The first-order chi connectivity index (χ1) is 13.4. The SMILES string of the molecule is COC(=O)CC1(NC(C)=O)CC2([N+](=O)[O-])c3ccccc3C1c1ccccc12. The summed E-state index contributed by atoms with van der Waals surface area (Å²) >= 11 is 0. The highest BCUT2D eigenvalue weighted by Crippen LogP contribution is 2.61. The minimum atomic E-state index is -1.54. The highest BCUT2D eigenvalue weighted by Gasteiger charge is 2.67. The Kier molecular flexibility index (Phi) is 3.99. The lowest BCUT2D eigenvalue weighted by molar-refractivity contribution is -0.572. The molecular weight excluding hydrogens is 360 g/mol. The van der Waals surface area contributed by atoms with Crippen molar-refractivity contribution in [1.29, 1.82) is 0 Å². The Hall–Kier alpha value is -3.22. The molecule has 1 atom stereocenters. The van der Waals surface area contributed by atoms with E-state index in [2.05, 4.69) is 5.32 Å². The Morgan fingerprint density at radius 1 is 1.14 bits per heavy atom. The molecule has 0 aliphatic heterocycles. The Bertz CT molecular complexity index is 954. The molecule has 7 nitrogen and oxygen atoms in total. The number of nitrogens with zero attached hydrogens (tertiary/aromatic N) is 1. The van der Waals surface area contributed by atoms with E-state index in [1.54, 1.807) is 24.3 Å². The first-order valence-electron chi connectivity index (χ1n) is 9.04. The molecule has 5 rings (SSSR count). The lowest BCUT2D eigenvalue weighted by atomic mass is 9.51. The molecule has 1 unspecified atom stereocenters. The van der Waals surface area contributed by atoms with E-state index < -0.39 is 17.0 Å². The van der Waals surface area contributed by atoms with Gasteiger partial charge in [-0.1, -0.05) is 48.5 Å². The lowest BCUT2D eigenvalue weighted by Crippen LogP contribution is -2.65. The summed E-state index contributed by atoms with van der Waals surface area (Å²) in [6.07, 6.45) is -0.160. The molecule has 0 heterocycles. The number of carbonyl (C=O) groups excluding carboxylic acids is 2. The van der Waals surface area contributed by atoms with Gasteiger partial charge < -0.3 is 10.1 Å². The molecule has 0 radical (unpaired) electrons. The van der Waals surface area contributed by atoms with Crippen LogP contribution in [0.5, 0.6) is 0 Å². The van der Waals surface area contributed by atoms with Gasteiger partial charge in [0.2, 0.25) is 5.91 Å². The van der Waals surface area contributed by atoms with Crippen LogP contribution in [0.4, 0.5) is 0 Å². The number of benzene rings is 2. The van der Waals surface area contributed by atoms with Gasteiger partial charge in [0.05, 0.1) is 25.5 Å². The van der Waals surface area contributed by atoms with Crippen LogP contribution in [-0.4, -0.2) is 29.4 Å². The van der Waals surface area contributed by atoms with Gasteiger partial charge in [-0.05, 0) is 11.1 Å². The van der Waals surface area contributed by atoms with E-state index >= 15 is 0 Å². The monoisotopic (exact) mass is 380 g/mol. The van der Waals surface area contributed by atoms with Crippen molar-refractivity contribution in [1.82, 2.24) is 5.32 Å². The molecule has 3 aliphatic carbocycles. The van der Waals surface area contributed by atoms with Gasteiger partial charge in [0.25, 0.3) is 5.54 Å². The largest absolute Gasteiger partial charge is 0.469 e. The van der Waals surface area contributed by atoms with Gasteiger partial charge in [0, 0.05) is 28.9 Å². The van der Waals surface area contributed by atoms with Crippen LogP contribution in [-0.2, 0) is 19.9 Å². The van der Waals surface area contributed by atoms with Crippen molar-refractivity contribution in [3.8, 4) is 0 Å². The van der Waals surface area contributed by atoms with Gasteiger partial charge in [-0.15, -0.1) is 0 Å². The molecule has 2 bridgehead atoms. The molecule has 2 aromatic carbocycles. The summed E-state index contributed by atoms with van der Waals surface area (Å²) in [7, 11) is 1.27. The van der Waals surface area contributed by atoms with Crippen molar-refractivity contribution in [3.05, 3.63) is 80.9 Å². The zero-order valence-electron chi connectivity index (χ0n) is 15.6. The van der Waals surface area contributed by atoms with E-state index in [0.29, 0.717) is 11.1 Å². The van der Waals surface area contributed by atoms with Crippen molar-refractivity contribution >= 4 is 11.9 Å². The topological polar surface area (TPSA) is 98.5 Å². The zero-order valence-corrected chi connectivity index (χ0v) is 15.6. The van der Waals surface area contributed by atoms with E-state index in [1.165, 1.54) is 14.0 Å². The Morgan fingerprint density at radius 3 is 2.14 bits per heavy atom. The highest BCUT2D eigenvalue weighted by atomic mass is 16.6. The fraction of sp³-hybridized carbons (Fsp3) is 0.333. The smallest absolute Gasteiger partial charge is 0.307 e. The number of hydrogen-bond donors (Lipinski definition) is 1. The fourth-order valence-electron chi connectivity index (χ4n) is 5.17. The number of amides is 1. The third-order valence-corrected chi connectivity index (χ3v) is 5.98. The van der Waals surface area contributed by atoms with E-state index in [1.807, 2.05) is 24.3 Å². The van der Waals surface area contributed by atoms with E-state index in [-0.39, 0.29) is 29.6 Å². The van der Waals surface area contributed by atoms with Crippen LogP contribution in [0.2, 0.25) is 0 Å². The number of carbonyl (C=O) groups is 2. The number of fused-ring (bicyclic) bond motifs is 1. The summed E-state index contributed by atoms with van der Waals surface area (Å²) in [5, 5.41) is 15.5. The van der Waals surface area contributed by atoms with Crippen LogP contribution < -0.4 is 5.32 Å². The Morgan fingerprint density at radius 2 is 1.68 bits per heavy atom. The average molecular weight is 380 g/mol. The molecular formula is C21H20N2O5. The van der Waals surface area contributed by atoms with E-state index in [9.17, 15) is 19.7 Å². The molecule has 0 aromatic heterocycles. The summed E-state index contributed by atoms with van der Waals surface area (Å²) in [6, 6.07) is 14.5. The van der Waals surface area contributed by atoms with Crippen LogP contribution >= 0.6 is 0 Å². The maximum Gasteiger partial charge on any atom is 0.307 e. The average Bonchev–Trinajstić information content (AvgIpc) is 2.67. The third-order valence-electron chi connectivity index (χ3n) is 5.98. The second-order valence-corrected chi connectivity index (χ2v) is 7.49. The summed E-state index contributed by atoms with van der Waals surface area (Å²) in [5.74, 6) is -1.25. The van der Waals surface area contributed by atoms with Gasteiger partial charge in [-0.3, -0.25) is 19.7 Å². The fourth-order valence-corrected chi connectivity index (χ4v) is 5.17. The quantitative estimate of drug-likeness (QED) is 0.499.